The molecular weight excluding hydrogens is 291 g/mol. The van der Waals surface area contributed by atoms with E-state index in [1.165, 1.54) is 0 Å². The molecule has 6 heteroatoms. The molecule has 3 N–H and O–H groups in total. The van der Waals surface area contributed by atoms with Gasteiger partial charge in [0, 0.05) is 4.43 Å². The van der Waals surface area contributed by atoms with Gasteiger partial charge in [0.05, 0.1) is 12.7 Å². The Balaban J connectivity index is 2.61. The third-order valence-corrected chi connectivity index (χ3v) is 2.88. The number of aliphatic hydroxyl groups is 3. The highest BCUT2D eigenvalue weighted by Gasteiger charge is 2.35. The van der Waals surface area contributed by atoms with Gasteiger partial charge in [0.1, 0.15) is 25.1 Å². The van der Waals surface area contributed by atoms with Gasteiger partial charge in [0.15, 0.2) is 0 Å². The van der Waals surface area contributed by atoms with E-state index in [0.717, 1.165) is 0 Å². The quantitative estimate of drug-likeness (QED) is 0.445. The van der Waals surface area contributed by atoms with Crippen LogP contribution in [0, 0.1) is 0 Å². The van der Waals surface area contributed by atoms with E-state index in [4.69, 9.17) is 14.6 Å². The molecule has 5 nitrogen and oxygen atoms in total. The molecule has 0 aromatic carbocycles. The second-order valence-corrected chi connectivity index (χ2v) is 3.73. The lowest BCUT2D eigenvalue weighted by Crippen LogP contribution is -2.45. The van der Waals surface area contributed by atoms with Crippen molar-refractivity contribution < 1.29 is 24.8 Å². The van der Waals surface area contributed by atoms with Crippen LogP contribution in [0.5, 0.6) is 0 Å². The number of halogens is 1. The molecule has 1 rings (SSSR count). The lowest BCUT2D eigenvalue weighted by atomic mass is 10.0. The van der Waals surface area contributed by atoms with Gasteiger partial charge in [-0.05, 0) is 0 Å². The van der Waals surface area contributed by atoms with E-state index in [-0.39, 0.29) is 13.4 Å². The van der Waals surface area contributed by atoms with Crippen molar-refractivity contribution in [3.05, 3.63) is 0 Å². The smallest absolute Gasteiger partial charge is 0.147 e. The third kappa shape index (κ3) is 2.74. The van der Waals surface area contributed by atoms with E-state index >= 15 is 0 Å². The first kappa shape index (κ1) is 11.6. The molecule has 0 spiro atoms. The van der Waals surface area contributed by atoms with Crippen molar-refractivity contribution in [2.24, 2.45) is 0 Å². The number of ether oxygens (including phenoxy) is 2. The van der Waals surface area contributed by atoms with E-state index in [0.29, 0.717) is 4.43 Å². The molecule has 0 bridgehead atoms. The first-order valence-corrected chi connectivity index (χ1v) is 5.49. The molecule has 1 aliphatic rings. The molecule has 0 amide bonds. The Hall–Kier alpha value is 0.530. The van der Waals surface area contributed by atoms with E-state index in [9.17, 15) is 10.2 Å². The number of aliphatic hydroxyl groups excluding tert-OH is 3. The Kier molecular flexibility index (Phi) is 4.84. The maximum atomic E-state index is 9.55. The SMILES string of the molecule is OCC1OCOC(CI)C(O)C1O. The molecule has 0 aromatic heterocycles. The molecular formula is C7H13IO5. The van der Waals surface area contributed by atoms with Gasteiger partial charge in [-0.1, -0.05) is 22.6 Å². The van der Waals surface area contributed by atoms with Crippen molar-refractivity contribution in [3.8, 4) is 0 Å². The Morgan fingerprint density at radius 1 is 1.15 bits per heavy atom. The monoisotopic (exact) mass is 304 g/mol. The summed E-state index contributed by atoms with van der Waals surface area (Å²) in [6.45, 7) is -0.331. The van der Waals surface area contributed by atoms with Gasteiger partial charge in [0.2, 0.25) is 0 Å². The van der Waals surface area contributed by atoms with Crippen LogP contribution in [0.4, 0.5) is 0 Å². The lowest BCUT2D eigenvalue weighted by molar-refractivity contribution is -0.113. The first-order valence-electron chi connectivity index (χ1n) is 3.97. The average Bonchev–Trinajstić information content (AvgIpc) is 2.28. The van der Waals surface area contributed by atoms with E-state index in [1.54, 1.807) is 0 Å². The Bertz CT molecular complexity index is 140. The topological polar surface area (TPSA) is 79.2 Å². The maximum Gasteiger partial charge on any atom is 0.147 e. The Labute approximate surface area is 89.8 Å². The summed E-state index contributed by atoms with van der Waals surface area (Å²) in [5, 5.41) is 27.9. The molecule has 4 atom stereocenters. The van der Waals surface area contributed by atoms with Crippen LogP contribution in [0.2, 0.25) is 0 Å². The summed E-state index contributed by atoms with van der Waals surface area (Å²) < 4.78 is 10.7. The van der Waals surface area contributed by atoms with Crippen LogP contribution in [0.1, 0.15) is 0 Å². The van der Waals surface area contributed by atoms with E-state index in [1.807, 2.05) is 0 Å². The van der Waals surface area contributed by atoms with Crippen LogP contribution in [-0.2, 0) is 9.47 Å². The van der Waals surface area contributed by atoms with Gasteiger partial charge in [-0.25, -0.2) is 0 Å². The first-order chi connectivity index (χ1) is 6.20. The maximum absolute atomic E-state index is 9.55. The van der Waals surface area contributed by atoms with Crippen molar-refractivity contribution in [1.29, 1.82) is 0 Å². The highest BCUT2D eigenvalue weighted by Crippen LogP contribution is 2.16. The van der Waals surface area contributed by atoms with Crippen LogP contribution in [0.25, 0.3) is 0 Å². The summed E-state index contributed by atoms with van der Waals surface area (Å²) in [6.07, 6.45) is -3.29. The minimum Gasteiger partial charge on any atom is -0.394 e. The van der Waals surface area contributed by atoms with Gasteiger partial charge in [-0.2, -0.15) is 0 Å². The molecule has 0 radical (unpaired) electrons. The van der Waals surface area contributed by atoms with Crippen LogP contribution >= 0.6 is 22.6 Å². The van der Waals surface area contributed by atoms with Crippen molar-refractivity contribution in [2.75, 3.05) is 17.8 Å². The molecule has 1 saturated heterocycles. The molecule has 13 heavy (non-hydrogen) atoms. The van der Waals surface area contributed by atoms with Gasteiger partial charge < -0.3 is 24.8 Å². The zero-order valence-electron chi connectivity index (χ0n) is 6.97. The van der Waals surface area contributed by atoms with Crippen molar-refractivity contribution >= 4 is 22.6 Å². The van der Waals surface area contributed by atoms with Gasteiger partial charge in [-0.15, -0.1) is 0 Å². The number of rotatable bonds is 2. The fourth-order valence-corrected chi connectivity index (χ4v) is 1.92. The largest absolute Gasteiger partial charge is 0.394 e. The number of hydrogen-bond acceptors (Lipinski definition) is 5. The molecule has 0 aliphatic carbocycles. The highest BCUT2D eigenvalue weighted by molar-refractivity contribution is 14.1. The minimum absolute atomic E-state index is 0.00693. The molecule has 0 aromatic rings. The molecule has 0 saturated carbocycles. The summed E-state index contributed by atoms with van der Waals surface area (Å²) in [7, 11) is 0. The zero-order valence-corrected chi connectivity index (χ0v) is 9.12. The molecule has 4 unspecified atom stereocenters. The average molecular weight is 304 g/mol. The molecule has 1 fully saturated rings. The zero-order chi connectivity index (χ0) is 9.84. The fourth-order valence-electron chi connectivity index (χ4n) is 1.15. The number of hydrogen-bond donors (Lipinski definition) is 3. The second kappa shape index (κ2) is 5.42. The Morgan fingerprint density at radius 3 is 2.23 bits per heavy atom. The van der Waals surface area contributed by atoms with E-state index < -0.39 is 24.4 Å². The number of alkyl halides is 1. The minimum atomic E-state index is -1.09. The van der Waals surface area contributed by atoms with Crippen LogP contribution in [-0.4, -0.2) is 57.6 Å². The van der Waals surface area contributed by atoms with Gasteiger partial charge in [0.25, 0.3) is 0 Å². The van der Waals surface area contributed by atoms with Crippen LogP contribution in [0.15, 0.2) is 0 Å². The molecule has 78 valence electrons. The Morgan fingerprint density at radius 2 is 1.69 bits per heavy atom. The highest BCUT2D eigenvalue weighted by atomic mass is 127. The summed E-state index contributed by atoms with van der Waals surface area (Å²) in [6, 6.07) is 0. The van der Waals surface area contributed by atoms with Gasteiger partial charge in [-0.3, -0.25) is 0 Å². The standard InChI is InChI=1S/C7H13IO5/c8-1-4-6(10)7(11)5(2-9)13-3-12-4/h4-7,9-11H,1-3H2. The summed E-state index contributed by atoms with van der Waals surface area (Å²) in [4.78, 5) is 0. The third-order valence-electron chi connectivity index (χ3n) is 2.01. The summed E-state index contributed by atoms with van der Waals surface area (Å²) in [5.74, 6) is 0. The van der Waals surface area contributed by atoms with Crippen molar-refractivity contribution in [3.63, 3.8) is 0 Å². The predicted molar refractivity (Wildman–Crippen MR) is 52.6 cm³/mol. The van der Waals surface area contributed by atoms with E-state index in [2.05, 4.69) is 22.6 Å². The molecule has 1 aliphatic heterocycles. The van der Waals surface area contributed by atoms with Crippen molar-refractivity contribution in [1.82, 2.24) is 0 Å². The summed E-state index contributed by atoms with van der Waals surface area (Å²) >= 11 is 2.05. The van der Waals surface area contributed by atoms with Crippen LogP contribution in [0.3, 0.4) is 0 Å². The molecule has 1 heterocycles. The van der Waals surface area contributed by atoms with Crippen molar-refractivity contribution in [2.45, 2.75) is 24.4 Å². The second-order valence-electron chi connectivity index (χ2n) is 2.85. The fraction of sp³-hybridized carbons (Fsp3) is 1.00. The predicted octanol–water partition coefficient (Wildman–Crippen LogP) is -1.12. The summed E-state index contributed by atoms with van der Waals surface area (Å²) in [5.41, 5.74) is 0. The normalized spacial score (nSPS) is 41.5. The lowest BCUT2D eigenvalue weighted by Gasteiger charge is -2.23. The van der Waals surface area contributed by atoms with Gasteiger partial charge >= 0.3 is 0 Å². The van der Waals surface area contributed by atoms with Crippen LogP contribution < -0.4 is 0 Å².